The first-order valence-corrected chi connectivity index (χ1v) is 11.5. The number of nitrogens with zero attached hydrogens (tertiary/aromatic N) is 4. The molecule has 0 saturated carbocycles. The molecule has 0 aromatic carbocycles. The molecule has 34 heavy (non-hydrogen) atoms. The van der Waals surface area contributed by atoms with Crippen molar-refractivity contribution in [3.63, 3.8) is 0 Å². The van der Waals surface area contributed by atoms with Crippen LogP contribution in [0.2, 0.25) is 0 Å². The minimum Gasteiger partial charge on any atom is -0.468 e. The van der Waals surface area contributed by atoms with Crippen molar-refractivity contribution in [2.45, 2.75) is 66.5 Å². The van der Waals surface area contributed by atoms with Crippen LogP contribution in [0.15, 0.2) is 32.9 Å². The summed E-state index contributed by atoms with van der Waals surface area (Å²) < 4.78 is 7.34. The highest BCUT2D eigenvalue weighted by Crippen LogP contribution is 2.18. The van der Waals surface area contributed by atoms with Gasteiger partial charge in [-0.2, -0.15) is 0 Å². The maximum absolute atomic E-state index is 13.0. The van der Waals surface area contributed by atoms with E-state index in [2.05, 4.69) is 15.0 Å². The quantitative estimate of drug-likeness (QED) is 0.396. The van der Waals surface area contributed by atoms with Gasteiger partial charge >= 0.3 is 11.7 Å². The second kappa shape index (κ2) is 12.6. The molecule has 0 fully saturated rings. The SMILES string of the molecule is CCC/C(=N\c1c(C)c(=O)n(CCC)c(=O)n1CCC)c1ccc(C(=O)NCC(=O)OC)nc1. The van der Waals surface area contributed by atoms with Crippen molar-refractivity contribution in [1.29, 1.82) is 0 Å². The van der Waals surface area contributed by atoms with E-state index < -0.39 is 11.9 Å². The van der Waals surface area contributed by atoms with E-state index in [9.17, 15) is 19.2 Å². The molecule has 1 N–H and O–H groups in total. The van der Waals surface area contributed by atoms with Crippen LogP contribution in [-0.2, 0) is 22.6 Å². The highest BCUT2D eigenvalue weighted by Gasteiger charge is 2.17. The summed E-state index contributed by atoms with van der Waals surface area (Å²) >= 11 is 0. The molecule has 0 spiro atoms. The molecule has 0 aliphatic carbocycles. The van der Waals surface area contributed by atoms with Gasteiger partial charge in [-0.25, -0.2) is 9.79 Å². The Bertz CT molecular complexity index is 1160. The second-order valence-corrected chi connectivity index (χ2v) is 7.84. The summed E-state index contributed by atoms with van der Waals surface area (Å²) in [6.07, 6.45) is 4.29. The summed E-state index contributed by atoms with van der Waals surface area (Å²) in [6.45, 7) is 8.13. The van der Waals surface area contributed by atoms with E-state index in [-0.39, 0.29) is 23.5 Å². The van der Waals surface area contributed by atoms with Gasteiger partial charge in [-0.05, 0) is 38.3 Å². The lowest BCUT2D eigenvalue weighted by Gasteiger charge is -2.16. The van der Waals surface area contributed by atoms with E-state index in [0.29, 0.717) is 55.0 Å². The predicted octanol–water partition coefficient (Wildman–Crippen LogP) is 2.36. The summed E-state index contributed by atoms with van der Waals surface area (Å²) in [5.41, 5.74) is 1.22. The molecule has 0 unspecified atom stereocenters. The van der Waals surface area contributed by atoms with Crippen LogP contribution in [0.1, 0.15) is 68.1 Å². The highest BCUT2D eigenvalue weighted by molar-refractivity contribution is 6.02. The van der Waals surface area contributed by atoms with Crippen molar-refractivity contribution in [1.82, 2.24) is 19.4 Å². The predicted molar refractivity (Wildman–Crippen MR) is 130 cm³/mol. The number of esters is 1. The molecule has 184 valence electrons. The van der Waals surface area contributed by atoms with Gasteiger partial charge in [-0.3, -0.25) is 28.5 Å². The number of aliphatic imine (C=N–C) groups is 1. The Hall–Kier alpha value is -3.56. The molecule has 0 aliphatic rings. The molecule has 0 aliphatic heterocycles. The van der Waals surface area contributed by atoms with E-state index in [1.807, 2.05) is 20.8 Å². The van der Waals surface area contributed by atoms with Gasteiger partial charge in [0.05, 0.1) is 18.4 Å². The molecule has 0 radical (unpaired) electrons. The topological polar surface area (TPSA) is 125 Å². The van der Waals surface area contributed by atoms with Gasteiger partial charge < -0.3 is 10.1 Å². The zero-order chi connectivity index (χ0) is 25.3. The molecule has 1 amide bonds. The van der Waals surface area contributed by atoms with Gasteiger partial charge in [-0.1, -0.05) is 27.2 Å². The normalized spacial score (nSPS) is 11.4. The molecule has 0 atom stereocenters. The number of hydrogen-bond acceptors (Lipinski definition) is 7. The first-order chi connectivity index (χ1) is 16.3. The van der Waals surface area contributed by atoms with Crippen LogP contribution in [0.25, 0.3) is 0 Å². The number of pyridine rings is 1. The summed E-state index contributed by atoms with van der Waals surface area (Å²) in [4.78, 5) is 58.3. The van der Waals surface area contributed by atoms with E-state index in [1.54, 1.807) is 23.6 Å². The lowest BCUT2D eigenvalue weighted by molar-refractivity contribution is -0.139. The van der Waals surface area contributed by atoms with Crippen molar-refractivity contribution < 1.29 is 14.3 Å². The van der Waals surface area contributed by atoms with Crippen LogP contribution in [0.5, 0.6) is 0 Å². The first-order valence-electron chi connectivity index (χ1n) is 11.5. The number of hydrogen-bond donors (Lipinski definition) is 1. The Morgan fingerprint density at radius 3 is 2.29 bits per heavy atom. The highest BCUT2D eigenvalue weighted by atomic mass is 16.5. The molecular formula is C24H33N5O5. The van der Waals surface area contributed by atoms with Crippen LogP contribution in [0.4, 0.5) is 5.82 Å². The molecule has 0 bridgehead atoms. The summed E-state index contributed by atoms with van der Waals surface area (Å²) in [6, 6.07) is 3.25. The zero-order valence-electron chi connectivity index (χ0n) is 20.5. The minimum atomic E-state index is -0.559. The Labute approximate surface area is 198 Å². The lowest BCUT2D eigenvalue weighted by Crippen LogP contribution is -2.41. The van der Waals surface area contributed by atoms with Gasteiger partial charge in [0.1, 0.15) is 18.1 Å². The molecule has 2 aromatic heterocycles. The Kier molecular flexibility index (Phi) is 9.91. The van der Waals surface area contributed by atoms with Crippen molar-refractivity contribution in [3.05, 3.63) is 56.0 Å². The van der Waals surface area contributed by atoms with Crippen LogP contribution in [0.3, 0.4) is 0 Å². The van der Waals surface area contributed by atoms with Gasteiger partial charge in [-0.15, -0.1) is 0 Å². The standard InChI is InChI=1S/C24H33N5O5/c1-6-9-18(17-10-11-19(25-14-17)22(31)26-15-20(30)34-5)27-21-16(4)23(32)29(13-8-3)24(33)28(21)12-7-2/h10-11,14H,6-9,12-13,15H2,1-5H3,(H,26,31)/b27-18+. The number of amides is 1. The third kappa shape index (κ3) is 6.27. The fourth-order valence-corrected chi connectivity index (χ4v) is 3.46. The largest absolute Gasteiger partial charge is 0.468 e. The monoisotopic (exact) mass is 471 g/mol. The number of ether oxygens (including phenoxy) is 1. The lowest BCUT2D eigenvalue weighted by atomic mass is 10.1. The smallest absolute Gasteiger partial charge is 0.332 e. The van der Waals surface area contributed by atoms with Crippen LogP contribution < -0.4 is 16.6 Å². The van der Waals surface area contributed by atoms with Gasteiger partial charge in [0.15, 0.2) is 0 Å². The summed E-state index contributed by atoms with van der Waals surface area (Å²) in [5.74, 6) is -0.706. The molecule has 2 heterocycles. The third-order valence-corrected chi connectivity index (χ3v) is 5.19. The van der Waals surface area contributed by atoms with Crippen LogP contribution >= 0.6 is 0 Å². The van der Waals surface area contributed by atoms with Crippen LogP contribution in [0, 0.1) is 6.92 Å². The average Bonchev–Trinajstić information content (AvgIpc) is 2.85. The number of rotatable bonds is 11. The van der Waals surface area contributed by atoms with Gasteiger partial charge in [0, 0.05) is 24.8 Å². The maximum atomic E-state index is 13.0. The maximum Gasteiger partial charge on any atom is 0.332 e. The number of nitrogens with one attached hydrogen (secondary N) is 1. The van der Waals surface area contributed by atoms with E-state index in [1.165, 1.54) is 17.9 Å². The molecule has 2 aromatic rings. The number of aromatic nitrogens is 3. The molecule has 10 nitrogen and oxygen atoms in total. The van der Waals surface area contributed by atoms with Crippen molar-refractivity contribution in [2.75, 3.05) is 13.7 Å². The molecule has 2 rings (SSSR count). The van der Waals surface area contributed by atoms with Crippen molar-refractivity contribution in [2.24, 2.45) is 4.99 Å². The van der Waals surface area contributed by atoms with E-state index in [4.69, 9.17) is 4.99 Å². The fourth-order valence-electron chi connectivity index (χ4n) is 3.46. The number of methoxy groups -OCH3 is 1. The number of carbonyl (C=O) groups excluding carboxylic acids is 2. The van der Waals surface area contributed by atoms with E-state index >= 15 is 0 Å². The molecule has 10 heteroatoms. The van der Waals surface area contributed by atoms with Crippen molar-refractivity contribution >= 4 is 23.4 Å². The van der Waals surface area contributed by atoms with Gasteiger partial charge in [0.25, 0.3) is 11.5 Å². The average molecular weight is 472 g/mol. The van der Waals surface area contributed by atoms with Crippen molar-refractivity contribution in [3.8, 4) is 0 Å². The number of carbonyl (C=O) groups is 2. The summed E-state index contributed by atoms with van der Waals surface area (Å²) in [5, 5.41) is 2.44. The van der Waals surface area contributed by atoms with E-state index in [0.717, 1.165) is 6.42 Å². The minimum absolute atomic E-state index is 0.143. The Morgan fingerprint density at radius 1 is 1.06 bits per heavy atom. The zero-order valence-corrected chi connectivity index (χ0v) is 20.5. The Morgan fingerprint density at radius 2 is 1.74 bits per heavy atom. The fraction of sp³-hybridized carbons (Fsp3) is 0.500. The molecule has 0 saturated heterocycles. The van der Waals surface area contributed by atoms with Gasteiger partial charge in [0.2, 0.25) is 0 Å². The van der Waals surface area contributed by atoms with Crippen LogP contribution in [-0.4, -0.2) is 45.4 Å². The third-order valence-electron chi connectivity index (χ3n) is 5.19. The Balaban J connectivity index is 2.51. The molecular weight excluding hydrogens is 438 g/mol. The first kappa shape index (κ1) is 26.7. The summed E-state index contributed by atoms with van der Waals surface area (Å²) in [7, 11) is 1.24. The second-order valence-electron chi connectivity index (χ2n) is 7.84.